The fourth-order valence-electron chi connectivity index (χ4n) is 2.68. The van der Waals surface area contributed by atoms with Gasteiger partial charge in [0.25, 0.3) is 5.91 Å². The van der Waals surface area contributed by atoms with Crippen LogP contribution in [0.25, 0.3) is 6.08 Å². The number of amides is 1. The molecule has 1 amide bonds. The molecule has 27 heavy (non-hydrogen) atoms. The van der Waals surface area contributed by atoms with Crippen molar-refractivity contribution in [1.82, 2.24) is 9.80 Å². The highest BCUT2D eigenvalue weighted by Crippen LogP contribution is 2.37. The average molecular weight is 435 g/mol. The van der Waals surface area contributed by atoms with E-state index in [1.54, 1.807) is 23.1 Å². The third-order valence-electron chi connectivity index (χ3n) is 4.03. The topological polar surface area (TPSA) is 32.8 Å². The molecule has 0 N–H and O–H groups in total. The number of rotatable bonds is 5. The molecule has 2 saturated heterocycles. The number of benzene rings is 1. The number of alkyl halides is 3. The van der Waals surface area contributed by atoms with Crippen LogP contribution in [0.1, 0.15) is 5.56 Å². The molecule has 146 valence electrons. The van der Waals surface area contributed by atoms with Gasteiger partial charge in [0.05, 0.1) is 18.1 Å². The normalized spacial score (nSPS) is 20.7. The molecular formula is C17H17F3N2O2S3. The van der Waals surface area contributed by atoms with Crippen LogP contribution >= 0.6 is 35.7 Å². The second kappa shape index (κ2) is 8.95. The maximum absolute atomic E-state index is 12.6. The van der Waals surface area contributed by atoms with Crippen LogP contribution in [0.5, 0.6) is 0 Å². The van der Waals surface area contributed by atoms with E-state index < -0.39 is 5.51 Å². The molecule has 1 aromatic carbocycles. The monoisotopic (exact) mass is 434 g/mol. The highest BCUT2D eigenvalue weighted by atomic mass is 32.2. The number of thiocarbonyl (C=S) groups is 1. The Kier molecular flexibility index (Phi) is 6.85. The molecule has 0 saturated carbocycles. The lowest BCUT2D eigenvalue weighted by Crippen LogP contribution is -2.42. The largest absolute Gasteiger partial charge is 0.446 e. The van der Waals surface area contributed by atoms with Crippen molar-refractivity contribution in [2.24, 2.45) is 0 Å². The molecule has 2 fully saturated rings. The van der Waals surface area contributed by atoms with Crippen molar-refractivity contribution in [2.75, 3.05) is 39.4 Å². The predicted octanol–water partition coefficient (Wildman–Crippen LogP) is 3.83. The molecule has 0 unspecified atom stereocenters. The van der Waals surface area contributed by atoms with Gasteiger partial charge >= 0.3 is 5.51 Å². The van der Waals surface area contributed by atoms with E-state index in [4.69, 9.17) is 17.0 Å². The Balaban J connectivity index is 1.61. The molecule has 0 aromatic heterocycles. The fourth-order valence-corrected chi connectivity index (χ4v) is 4.52. The van der Waals surface area contributed by atoms with Crippen LogP contribution in [0, 0.1) is 0 Å². The Hall–Kier alpha value is -1.07. The summed E-state index contributed by atoms with van der Waals surface area (Å²) in [5, 5.41) is 0. The van der Waals surface area contributed by atoms with Crippen LogP contribution in [-0.2, 0) is 9.53 Å². The van der Waals surface area contributed by atoms with E-state index in [9.17, 15) is 18.0 Å². The zero-order valence-electron chi connectivity index (χ0n) is 14.2. The Labute approximate surface area is 169 Å². The number of ether oxygens (including phenoxy) is 1. The molecule has 2 heterocycles. The lowest BCUT2D eigenvalue weighted by Gasteiger charge is -2.28. The van der Waals surface area contributed by atoms with Crippen LogP contribution in [0.4, 0.5) is 13.2 Å². The van der Waals surface area contributed by atoms with Crippen molar-refractivity contribution in [2.45, 2.75) is 10.4 Å². The van der Waals surface area contributed by atoms with Gasteiger partial charge in [-0.05, 0) is 35.5 Å². The highest BCUT2D eigenvalue weighted by Gasteiger charge is 2.32. The van der Waals surface area contributed by atoms with Gasteiger partial charge in [0.15, 0.2) is 0 Å². The minimum absolute atomic E-state index is 0.109. The summed E-state index contributed by atoms with van der Waals surface area (Å²) in [6.45, 7) is 4.32. The summed E-state index contributed by atoms with van der Waals surface area (Å²) < 4.78 is 43.0. The van der Waals surface area contributed by atoms with E-state index in [2.05, 4.69) is 4.90 Å². The summed E-state index contributed by atoms with van der Waals surface area (Å²) in [6, 6.07) is 5.91. The highest BCUT2D eigenvalue weighted by molar-refractivity contribution is 8.26. The number of nitrogens with zero attached hydrogens (tertiary/aromatic N) is 2. The first-order valence-electron chi connectivity index (χ1n) is 8.23. The maximum Gasteiger partial charge on any atom is 0.446 e. The third kappa shape index (κ3) is 5.95. The SMILES string of the molecule is O=C1/C(=C/c2ccc(SC(F)(F)F)cc2)SC(=S)N1CCN1CCOCC1. The molecule has 0 radical (unpaired) electrons. The first-order valence-corrected chi connectivity index (χ1v) is 10.3. The Morgan fingerprint density at radius 1 is 1.19 bits per heavy atom. The van der Waals surface area contributed by atoms with Gasteiger partial charge in [-0.2, -0.15) is 13.2 Å². The predicted molar refractivity (Wildman–Crippen MR) is 105 cm³/mol. The number of thioether (sulfide) groups is 2. The van der Waals surface area contributed by atoms with Crippen molar-refractivity contribution < 1.29 is 22.7 Å². The number of carbonyl (C=O) groups is 1. The van der Waals surface area contributed by atoms with E-state index in [-0.39, 0.29) is 22.6 Å². The van der Waals surface area contributed by atoms with E-state index in [1.165, 1.54) is 23.9 Å². The van der Waals surface area contributed by atoms with Crippen molar-refractivity contribution in [3.05, 3.63) is 34.7 Å². The van der Waals surface area contributed by atoms with E-state index in [0.717, 1.165) is 19.6 Å². The number of hydrogen-bond acceptors (Lipinski definition) is 6. The molecule has 1 aromatic rings. The van der Waals surface area contributed by atoms with Crippen molar-refractivity contribution >= 4 is 52.0 Å². The fraction of sp³-hybridized carbons (Fsp3) is 0.412. The Bertz CT molecular complexity index is 732. The second-order valence-electron chi connectivity index (χ2n) is 5.90. The first kappa shape index (κ1) is 20.7. The van der Waals surface area contributed by atoms with Crippen molar-refractivity contribution in [1.29, 1.82) is 0 Å². The number of morpholine rings is 1. The molecule has 0 bridgehead atoms. The van der Waals surface area contributed by atoms with Gasteiger partial charge in [-0.25, -0.2) is 0 Å². The quantitative estimate of drug-likeness (QED) is 0.398. The Morgan fingerprint density at radius 3 is 2.48 bits per heavy atom. The second-order valence-corrected chi connectivity index (χ2v) is 8.72. The number of hydrogen-bond donors (Lipinski definition) is 0. The summed E-state index contributed by atoms with van der Waals surface area (Å²) >= 11 is 6.37. The van der Waals surface area contributed by atoms with Crippen LogP contribution in [0.3, 0.4) is 0 Å². The van der Waals surface area contributed by atoms with Crippen molar-refractivity contribution in [3.8, 4) is 0 Å². The minimum Gasteiger partial charge on any atom is -0.379 e. The third-order valence-corrected chi connectivity index (χ3v) is 6.15. The van der Waals surface area contributed by atoms with Crippen molar-refractivity contribution in [3.63, 3.8) is 0 Å². The van der Waals surface area contributed by atoms with Crippen LogP contribution in [0.15, 0.2) is 34.1 Å². The van der Waals surface area contributed by atoms with E-state index >= 15 is 0 Å². The molecule has 2 aliphatic rings. The van der Waals surface area contributed by atoms with Gasteiger partial charge < -0.3 is 4.74 Å². The summed E-state index contributed by atoms with van der Waals surface area (Å²) in [5.74, 6) is -0.160. The van der Waals surface area contributed by atoms with Gasteiger partial charge in [0.2, 0.25) is 0 Å². The van der Waals surface area contributed by atoms with E-state index in [1.807, 2.05) is 0 Å². The first-order chi connectivity index (χ1) is 12.8. The molecule has 0 atom stereocenters. The number of halogens is 3. The van der Waals surface area contributed by atoms with Gasteiger partial charge in [0, 0.05) is 31.1 Å². The lowest BCUT2D eigenvalue weighted by atomic mass is 10.2. The molecule has 4 nitrogen and oxygen atoms in total. The maximum atomic E-state index is 12.6. The van der Waals surface area contributed by atoms with Crippen LogP contribution in [0.2, 0.25) is 0 Å². The minimum atomic E-state index is -4.32. The van der Waals surface area contributed by atoms with Gasteiger partial charge in [-0.3, -0.25) is 14.6 Å². The van der Waals surface area contributed by atoms with Crippen LogP contribution < -0.4 is 0 Å². The van der Waals surface area contributed by atoms with Crippen LogP contribution in [-0.4, -0.2) is 64.9 Å². The molecule has 10 heteroatoms. The summed E-state index contributed by atoms with van der Waals surface area (Å²) in [5.41, 5.74) is -3.65. The summed E-state index contributed by atoms with van der Waals surface area (Å²) in [7, 11) is 0. The zero-order chi connectivity index (χ0) is 19.4. The van der Waals surface area contributed by atoms with E-state index in [0.29, 0.717) is 34.5 Å². The summed E-state index contributed by atoms with van der Waals surface area (Å²) in [4.78, 5) is 17.0. The standard InChI is InChI=1S/C17H17F3N2O2S3/c18-17(19,20)27-13-3-1-12(2-4-13)11-14-15(23)22(16(25)26-14)6-5-21-7-9-24-10-8-21/h1-4,11H,5-10H2/b14-11-. The molecule has 0 aliphatic carbocycles. The smallest absolute Gasteiger partial charge is 0.379 e. The zero-order valence-corrected chi connectivity index (χ0v) is 16.6. The number of carbonyl (C=O) groups excluding carboxylic acids is 1. The molecule has 3 rings (SSSR count). The Morgan fingerprint density at radius 2 is 1.85 bits per heavy atom. The average Bonchev–Trinajstić information content (AvgIpc) is 2.88. The molecular weight excluding hydrogens is 417 g/mol. The molecule has 2 aliphatic heterocycles. The van der Waals surface area contributed by atoms with Gasteiger partial charge in [-0.1, -0.05) is 36.1 Å². The van der Waals surface area contributed by atoms with Gasteiger partial charge in [0.1, 0.15) is 4.32 Å². The lowest BCUT2D eigenvalue weighted by molar-refractivity contribution is -0.122. The summed E-state index contributed by atoms with van der Waals surface area (Å²) in [6.07, 6.45) is 1.66. The van der Waals surface area contributed by atoms with Gasteiger partial charge in [-0.15, -0.1) is 0 Å². The molecule has 0 spiro atoms.